The molecule has 1 fully saturated rings. The third kappa shape index (κ3) is 1.69. The van der Waals surface area contributed by atoms with Crippen molar-refractivity contribution in [1.82, 2.24) is 14.9 Å². The van der Waals surface area contributed by atoms with Crippen molar-refractivity contribution < 1.29 is 4.39 Å². The molecule has 1 aliphatic heterocycles. The number of rotatable bonds is 2. The maximum atomic E-state index is 13.0. The van der Waals surface area contributed by atoms with Crippen LogP contribution in [0.4, 0.5) is 4.39 Å². The third-order valence-electron chi connectivity index (χ3n) is 3.20. The molecule has 1 unspecified atom stereocenters. The van der Waals surface area contributed by atoms with Crippen molar-refractivity contribution in [3.05, 3.63) is 30.3 Å². The average molecular weight is 219 g/mol. The molecular weight excluding hydrogens is 205 g/mol. The quantitative estimate of drug-likeness (QED) is 0.834. The van der Waals surface area contributed by atoms with Crippen LogP contribution in [0.1, 0.15) is 6.42 Å². The van der Waals surface area contributed by atoms with Crippen molar-refractivity contribution in [2.24, 2.45) is 5.92 Å². The molecule has 0 radical (unpaired) electrons. The summed E-state index contributed by atoms with van der Waals surface area (Å²) < 4.78 is 15.1. The summed E-state index contributed by atoms with van der Waals surface area (Å²) >= 11 is 0. The Bertz CT molecular complexity index is 500. The van der Waals surface area contributed by atoms with Gasteiger partial charge in [-0.1, -0.05) is 0 Å². The molecule has 0 amide bonds. The van der Waals surface area contributed by atoms with Crippen LogP contribution < -0.4 is 5.32 Å². The van der Waals surface area contributed by atoms with E-state index in [2.05, 4.69) is 14.9 Å². The smallest absolute Gasteiger partial charge is 0.125 e. The van der Waals surface area contributed by atoms with Crippen LogP contribution in [-0.4, -0.2) is 22.6 Å². The molecule has 2 heterocycles. The van der Waals surface area contributed by atoms with Crippen molar-refractivity contribution in [2.75, 3.05) is 13.1 Å². The number of imidazole rings is 1. The van der Waals surface area contributed by atoms with Gasteiger partial charge in [0.05, 0.1) is 17.4 Å². The molecule has 1 N–H and O–H groups in total. The van der Waals surface area contributed by atoms with E-state index >= 15 is 0 Å². The minimum atomic E-state index is -0.222. The Morgan fingerprint density at radius 2 is 2.44 bits per heavy atom. The number of nitrogens with zero attached hydrogens (tertiary/aromatic N) is 2. The maximum Gasteiger partial charge on any atom is 0.125 e. The van der Waals surface area contributed by atoms with Gasteiger partial charge in [-0.2, -0.15) is 0 Å². The Hall–Kier alpha value is -1.42. The van der Waals surface area contributed by atoms with Gasteiger partial charge in [0, 0.05) is 12.6 Å². The highest BCUT2D eigenvalue weighted by Crippen LogP contribution is 2.17. The van der Waals surface area contributed by atoms with Crippen LogP contribution in [0.15, 0.2) is 24.5 Å². The van der Waals surface area contributed by atoms with Gasteiger partial charge in [0.25, 0.3) is 0 Å². The van der Waals surface area contributed by atoms with Crippen molar-refractivity contribution in [3.63, 3.8) is 0 Å². The van der Waals surface area contributed by atoms with Gasteiger partial charge < -0.3 is 9.88 Å². The van der Waals surface area contributed by atoms with Crippen LogP contribution in [0.25, 0.3) is 11.0 Å². The topological polar surface area (TPSA) is 29.9 Å². The van der Waals surface area contributed by atoms with Crippen LogP contribution in [0.5, 0.6) is 0 Å². The van der Waals surface area contributed by atoms with Gasteiger partial charge in [-0.15, -0.1) is 0 Å². The number of hydrogen-bond donors (Lipinski definition) is 1. The highest BCUT2D eigenvalue weighted by molar-refractivity contribution is 5.75. The lowest BCUT2D eigenvalue weighted by Gasteiger charge is -2.09. The van der Waals surface area contributed by atoms with E-state index in [1.54, 1.807) is 6.07 Å². The fraction of sp³-hybridized carbons (Fsp3) is 0.417. The van der Waals surface area contributed by atoms with Gasteiger partial charge in [0.2, 0.25) is 0 Å². The number of nitrogens with one attached hydrogen (secondary N) is 1. The predicted molar refractivity (Wildman–Crippen MR) is 60.7 cm³/mol. The van der Waals surface area contributed by atoms with Gasteiger partial charge in [-0.05, 0) is 37.6 Å². The van der Waals surface area contributed by atoms with Crippen LogP contribution in [0.2, 0.25) is 0 Å². The highest BCUT2D eigenvalue weighted by atomic mass is 19.1. The summed E-state index contributed by atoms with van der Waals surface area (Å²) in [5.41, 5.74) is 1.76. The molecule has 0 aliphatic carbocycles. The SMILES string of the molecule is Fc1ccc2c(c1)ncn2CC1CCNC1. The zero-order chi connectivity index (χ0) is 11.0. The van der Waals surface area contributed by atoms with Crippen LogP contribution in [0.3, 0.4) is 0 Å². The summed E-state index contributed by atoms with van der Waals surface area (Å²) in [4.78, 5) is 4.22. The second-order valence-electron chi connectivity index (χ2n) is 4.39. The Morgan fingerprint density at radius 3 is 3.25 bits per heavy atom. The van der Waals surface area contributed by atoms with Gasteiger partial charge in [0.1, 0.15) is 5.82 Å². The second-order valence-corrected chi connectivity index (χ2v) is 4.39. The summed E-state index contributed by atoms with van der Waals surface area (Å²) in [6.45, 7) is 3.14. The largest absolute Gasteiger partial charge is 0.330 e. The molecule has 0 saturated carbocycles. The summed E-state index contributed by atoms with van der Waals surface area (Å²) in [6, 6.07) is 4.78. The fourth-order valence-electron chi connectivity index (χ4n) is 2.33. The highest BCUT2D eigenvalue weighted by Gasteiger charge is 2.15. The summed E-state index contributed by atoms with van der Waals surface area (Å²) in [7, 11) is 0. The molecule has 4 heteroatoms. The fourth-order valence-corrected chi connectivity index (χ4v) is 2.33. The monoisotopic (exact) mass is 219 g/mol. The summed E-state index contributed by atoms with van der Waals surface area (Å²) in [5.74, 6) is 0.447. The van der Waals surface area contributed by atoms with Crippen LogP contribution >= 0.6 is 0 Å². The number of benzene rings is 1. The first-order valence-corrected chi connectivity index (χ1v) is 5.64. The molecule has 3 nitrogen and oxygen atoms in total. The molecular formula is C12H14FN3. The number of hydrogen-bond acceptors (Lipinski definition) is 2. The predicted octanol–water partition coefficient (Wildman–Crippen LogP) is 1.78. The Morgan fingerprint density at radius 1 is 1.50 bits per heavy atom. The molecule has 0 spiro atoms. The van der Waals surface area contributed by atoms with Crippen molar-refractivity contribution in [2.45, 2.75) is 13.0 Å². The molecule has 3 rings (SSSR count). The van der Waals surface area contributed by atoms with E-state index in [4.69, 9.17) is 0 Å². The average Bonchev–Trinajstić information content (AvgIpc) is 2.89. The zero-order valence-electron chi connectivity index (χ0n) is 8.99. The minimum absolute atomic E-state index is 0.222. The van der Waals surface area contributed by atoms with E-state index in [0.717, 1.165) is 30.7 Å². The zero-order valence-corrected chi connectivity index (χ0v) is 8.99. The molecule has 1 saturated heterocycles. The Kier molecular flexibility index (Phi) is 2.36. The lowest BCUT2D eigenvalue weighted by molar-refractivity contribution is 0.489. The first-order chi connectivity index (χ1) is 7.83. The van der Waals surface area contributed by atoms with E-state index < -0.39 is 0 Å². The molecule has 1 aliphatic rings. The van der Waals surface area contributed by atoms with Gasteiger partial charge in [0.15, 0.2) is 0 Å². The summed E-state index contributed by atoms with van der Waals surface area (Å²) in [5, 5.41) is 3.35. The van der Waals surface area contributed by atoms with Gasteiger partial charge in [-0.25, -0.2) is 9.37 Å². The Labute approximate surface area is 93.3 Å². The van der Waals surface area contributed by atoms with Gasteiger partial charge in [-0.3, -0.25) is 0 Å². The van der Waals surface area contributed by atoms with Crippen LogP contribution in [-0.2, 0) is 6.54 Å². The summed E-state index contributed by atoms with van der Waals surface area (Å²) in [6.07, 6.45) is 3.02. The molecule has 1 aromatic carbocycles. The molecule has 2 aromatic rings. The normalized spacial score (nSPS) is 20.7. The van der Waals surface area contributed by atoms with E-state index in [1.165, 1.54) is 18.6 Å². The first kappa shape index (κ1) is 9.78. The number of aromatic nitrogens is 2. The standard InChI is InChI=1S/C12H14FN3/c13-10-1-2-12-11(5-10)15-8-16(12)7-9-3-4-14-6-9/h1-2,5,8-9,14H,3-4,6-7H2. The van der Waals surface area contributed by atoms with Crippen molar-refractivity contribution in [3.8, 4) is 0 Å². The third-order valence-corrected chi connectivity index (χ3v) is 3.20. The lowest BCUT2D eigenvalue weighted by Crippen LogP contribution is -2.13. The van der Waals surface area contributed by atoms with Crippen molar-refractivity contribution >= 4 is 11.0 Å². The molecule has 16 heavy (non-hydrogen) atoms. The molecule has 84 valence electrons. The van der Waals surface area contributed by atoms with E-state index in [-0.39, 0.29) is 5.82 Å². The first-order valence-electron chi connectivity index (χ1n) is 5.64. The second kappa shape index (κ2) is 3.87. The minimum Gasteiger partial charge on any atom is -0.330 e. The molecule has 1 atom stereocenters. The maximum absolute atomic E-state index is 13.0. The molecule has 1 aromatic heterocycles. The van der Waals surface area contributed by atoms with E-state index in [0.29, 0.717) is 5.92 Å². The van der Waals surface area contributed by atoms with E-state index in [1.807, 2.05) is 6.33 Å². The van der Waals surface area contributed by atoms with Crippen LogP contribution in [0, 0.1) is 11.7 Å². The number of fused-ring (bicyclic) bond motifs is 1. The van der Waals surface area contributed by atoms with Crippen molar-refractivity contribution in [1.29, 1.82) is 0 Å². The van der Waals surface area contributed by atoms with E-state index in [9.17, 15) is 4.39 Å². The van der Waals surface area contributed by atoms with Gasteiger partial charge >= 0.3 is 0 Å². The Balaban J connectivity index is 1.91. The number of halogens is 1. The lowest BCUT2D eigenvalue weighted by atomic mass is 10.1. The molecule has 0 bridgehead atoms.